The molecular weight excluding hydrogens is 395 g/mol. The van der Waals surface area contributed by atoms with Crippen LogP contribution < -0.4 is 10.2 Å². The topological polar surface area (TPSA) is 33.1 Å². The first-order valence-electron chi connectivity index (χ1n) is 10.7. The van der Waals surface area contributed by atoms with Gasteiger partial charge < -0.3 is 14.8 Å². The number of benzene rings is 1. The molecule has 0 radical (unpaired) electrons. The minimum absolute atomic E-state index is 0.0604. The molecule has 0 amide bonds. The number of hydrogen-bond acceptors (Lipinski definition) is 2. The Morgan fingerprint density at radius 3 is 2.50 bits per heavy atom. The lowest BCUT2D eigenvalue weighted by Crippen LogP contribution is -2.31. The molecule has 2 aliphatic rings. The van der Waals surface area contributed by atoms with Crippen molar-refractivity contribution in [1.29, 1.82) is 0 Å². The number of aromatic nitrogens is 2. The number of nitrogens with one attached hydrogen (secondary N) is 1. The highest BCUT2D eigenvalue weighted by atomic mass is 32.1. The normalized spacial score (nSPS) is 22.3. The van der Waals surface area contributed by atoms with Gasteiger partial charge in [-0.25, -0.2) is 4.39 Å². The first kappa shape index (κ1) is 19.2. The first-order chi connectivity index (χ1) is 14.7. The van der Waals surface area contributed by atoms with Crippen LogP contribution in [0.15, 0.2) is 67.0 Å². The summed E-state index contributed by atoms with van der Waals surface area (Å²) in [6.07, 6.45) is 10.3. The molecule has 1 N–H and O–H groups in total. The minimum Gasteiger partial charge on any atom is -0.351 e. The van der Waals surface area contributed by atoms with E-state index < -0.39 is 0 Å². The van der Waals surface area contributed by atoms with Crippen molar-refractivity contribution >= 4 is 23.0 Å². The number of hydrogen-bond donors (Lipinski definition) is 1. The molecule has 3 heterocycles. The molecule has 3 aromatic rings. The van der Waals surface area contributed by atoms with Gasteiger partial charge in [-0.05, 0) is 73.6 Å². The molecule has 0 spiro atoms. The lowest BCUT2D eigenvalue weighted by atomic mass is 9.94. The van der Waals surface area contributed by atoms with Crippen molar-refractivity contribution in [3.63, 3.8) is 0 Å². The molecule has 30 heavy (non-hydrogen) atoms. The summed E-state index contributed by atoms with van der Waals surface area (Å²) >= 11 is 5.77. The molecule has 1 saturated heterocycles. The van der Waals surface area contributed by atoms with Crippen LogP contribution in [0.2, 0.25) is 0 Å². The van der Waals surface area contributed by atoms with E-state index in [9.17, 15) is 4.39 Å². The van der Waals surface area contributed by atoms with E-state index in [0.29, 0.717) is 11.2 Å². The summed E-state index contributed by atoms with van der Waals surface area (Å²) in [5, 5.41) is 4.13. The Morgan fingerprint density at radius 1 is 0.967 bits per heavy atom. The number of pyridine rings is 1. The summed E-state index contributed by atoms with van der Waals surface area (Å²) in [5.74, 6) is -0.250. The van der Waals surface area contributed by atoms with Crippen molar-refractivity contribution in [2.24, 2.45) is 0 Å². The van der Waals surface area contributed by atoms with Crippen molar-refractivity contribution in [1.82, 2.24) is 14.9 Å². The molecule has 0 bridgehead atoms. The molecule has 1 aliphatic heterocycles. The molecule has 4 nitrogen and oxygen atoms in total. The molecule has 154 valence electrons. The molecule has 1 aliphatic carbocycles. The Bertz CT molecular complexity index is 1010. The molecule has 2 fully saturated rings. The molecule has 6 heteroatoms. The summed E-state index contributed by atoms with van der Waals surface area (Å²) in [4.78, 5) is 6.74. The number of nitrogens with zero attached hydrogens (tertiary/aromatic N) is 3. The SMILES string of the molecule is Fc1ccc(N2C(=S)N[C@@H](c3ccccn3)[C@@H]2c2cccn2C2CCCCC2)cc1. The van der Waals surface area contributed by atoms with Gasteiger partial charge in [0.25, 0.3) is 0 Å². The maximum Gasteiger partial charge on any atom is 0.174 e. The standard InChI is InChI=1S/C24H25FN4S/c25-17-11-13-19(14-12-17)29-23(22(27-24(29)30)20-9-4-5-15-26-20)21-10-6-16-28(21)18-7-2-1-3-8-18/h4-6,9-16,18,22-23H,1-3,7-8H2,(H,27,30)/t22-,23-/m0/s1. The summed E-state index contributed by atoms with van der Waals surface area (Å²) < 4.78 is 16.0. The smallest absolute Gasteiger partial charge is 0.174 e. The van der Waals surface area contributed by atoms with Crippen LogP contribution in [-0.4, -0.2) is 14.7 Å². The quantitative estimate of drug-likeness (QED) is 0.549. The number of rotatable bonds is 4. The van der Waals surface area contributed by atoms with E-state index in [-0.39, 0.29) is 17.9 Å². The predicted octanol–water partition coefficient (Wildman–Crippen LogP) is 5.70. The summed E-state index contributed by atoms with van der Waals surface area (Å²) in [6, 6.07) is 17.2. The third-order valence-electron chi connectivity index (χ3n) is 6.29. The highest BCUT2D eigenvalue weighted by Gasteiger charge is 2.42. The van der Waals surface area contributed by atoms with Crippen LogP contribution in [0.4, 0.5) is 10.1 Å². The largest absolute Gasteiger partial charge is 0.351 e. The third kappa shape index (κ3) is 3.49. The second-order valence-electron chi connectivity index (χ2n) is 8.11. The van der Waals surface area contributed by atoms with Gasteiger partial charge in [0.2, 0.25) is 0 Å². The second-order valence-corrected chi connectivity index (χ2v) is 8.49. The summed E-state index contributed by atoms with van der Waals surface area (Å²) in [5.41, 5.74) is 3.05. The zero-order valence-corrected chi connectivity index (χ0v) is 17.6. The Balaban J connectivity index is 1.61. The lowest BCUT2D eigenvalue weighted by molar-refractivity contribution is 0.340. The Labute approximate surface area is 181 Å². The Kier molecular flexibility index (Phi) is 5.25. The van der Waals surface area contributed by atoms with E-state index in [4.69, 9.17) is 12.2 Å². The molecule has 5 rings (SSSR count). The van der Waals surface area contributed by atoms with Crippen molar-refractivity contribution in [3.8, 4) is 0 Å². The summed E-state index contributed by atoms with van der Waals surface area (Å²) in [6.45, 7) is 0. The molecule has 1 aromatic carbocycles. The van der Waals surface area contributed by atoms with Crippen LogP contribution >= 0.6 is 12.2 Å². The van der Waals surface area contributed by atoms with E-state index in [1.807, 2.05) is 24.4 Å². The van der Waals surface area contributed by atoms with Gasteiger partial charge in [-0.1, -0.05) is 25.3 Å². The predicted molar refractivity (Wildman–Crippen MR) is 121 cm³/mol. The van der Waals surface area contributed by atoms with Gasteiger partial charge in [-0.2, -0.15) is 0 Å². The van der Waals surface area contributed by atoms with E-state index in [2.05, 4.69) is 38.1 Å². The van der Waals surface area contributed by atoms with Gasteiger partial charge in [-0.3, -0.25) is 4.98 Å². The fraction of sp³-hybridized carbons (Fsp3) is 0.333. The van der Waals surface area contributed by atoms with Gasteiger partial charge in [0.15, 0.2) is 5.11 Å². The molecular formula is C24H25FN4S. The highest BCUT2D eigenvalue weighted by molar-refractivity contribution is 7.80. The zero-order chi connectivity index (χ0) is 20.5. The monoisotopic (exact) mass is 420 g/mol. The average Bonchev–Trinajstić information content (AvgIpc) is 3.40. The van der Waals surface area contributed by atoms with Gasteiger partial charge in [0.05, 0.1) is 11.7 Å². The van der Waals surface area contributed by atoms with Gasteiger partial charge in [-0.15, -0.1) is 0 Å². The molecule has 2 aromatic heterocycles. The summed E-state index contributed by atoms with van der Waals surface area (Å²) in [7, 11) is 0. The van der Waals surface area contributed by atoms with Crippen LogP contribution in [0.1, 0.15) is 61.6 Å². The van der Waals surface area contributed by atoms with E-state index in [0.717, 1.165) is 11.4 Å². The van der Waals surface area contributed by atoms with E-state index in [1.54, 1.807) is 12.1 Å². The maximum atomic E-state index is 13.6. The molecule has 2 atom stereocenters. The third-order valence-corrected chi connectivity index (χ3v) is 6.60. The fourth-order valence-corrected chi connectivity index (χ4v) is 5.23. The van der Waals surface area contributed by atoms with Crippen LogP contribution in [0.5, 0.6) is 0 Å². The first-order valence-corrected chi connectivity index (χ1v) is 11.1. The number of thiocarbonyl (C=S) groups is 1. The minimum atomic E-state index is -0.250. The molecule has 1 saturated carbocycles. The fourth-order valence-electron chi connectivity index (χ4n) is 4.88. The second kappa shape index (κ2) is 8.19. The van der Waals surface area contributed by atoms with Crippen molar-refractivity contribution in [2.75, 3.05) is 4.90 Å². The Hall–Kier alpha value is -2.73. The lowest BCUT2D eigenvalue weighted by Gasteiger charge is -2.32. The van der Waals surface area contributed by atoms with E-state index >= 15 is 0 Å². The Morgan fingerprint density at radius 2 is 1.77 bits per heavy atom. The van der Waals surface area contributed by atoms with Crippen molar-refractivity contribution in [3.05, 3.63) is 84.2 Å². The number of halogens is 1. The van der Waals surface area contributed by atoms with Crippen molar-refractivity contribution < 1.29 is 4.39 Å². The van der Waals surface area contributed by atoms with Gasteiger partial charge in [0, 0.05) is 29.8 Å². The molecule has 0 unspecified atom stereocenters. The zero-order valence-electron chi connectivity index (χ0n) is 16.7. The van der Waals surface area contributed by atoms with Gasteiger partial charge >= 0.3 is 0 Å². The number of anilines is 1. The van der Waals surface area contributed by atoms with Crippen LogP contribution in [0.25, 0.3) is 0 Å². The van der Waals surface area contributed by atoms with Crippen LogP contribution in [-0.2, 0) is 0 Å². The van der Waals surface area contributed by atoms with Crippen LogP contribution in [0.3, 0.4) is 0 Å². The average molecular weight is 421 g/mol. The van der Waals surface area contributed by atoms with Crippen LogP contribution in [0, 0.1) is 5.82 Å². The van der Waals surface area contributed by atoms with E-state index in [1.165, 1.54) is 49.9 Å². The highest BCUT2D eigenvalue weighted by Crippen LogP contribution is 2.43. The van der Waals surface area contributed by atoms with Crippen molar-refractivity contribution in [2.45, 2.75) is 50.2 Å². The van der Waals surface area contributed by atoms with Gasteiger partial charge in [0.1, 0.15) is 11.9 Å². The maximum absolute atomic E-state index is 13.6.